The first-order valence-electron chi connectivity index (χ1n) is 6.96. The van der Waals surface area contributed by atoms with Crippen LogP contribution >= 0.6 is 0 Å². The number of likely N-dealkylation sites (N-methyl/N-ethyl adjacent to an activating group) is 1. The predicted octanol–water partition coefficient (Wildman–Crippen LogP) is 3.94. The molecule has 17 heavy (non-hydrogen) atoms. The zero-order valence-electron chi connectivity index (χ0n) is 11.4. The molecule has 1 fully saturated rings. The molecule has 2 rings (SSSR count). The van der Waals surface area contributed by atoms with Gasteiger partial charge in [-0.25, -0.2) is 0 Å². The van der Waals surface area contributed by atoms with Gasteiger partial charge in [-0.2, -0.15) is 0 Å². The zero-order chi connectivity index (χ0) is 12.3. The van der Waals surface area contributed by atoms with E-state index in [0.717, 1.165) is 0 Å². The molecular formula is C16H25N. The first-order valence-corrected chi connectivity index (χ1v) is 6.96. The fraction of sp³-hybridized carbons (Fsp3) is 0.625. The molecule has 0 heterocycles. The predicted molar refractivity (Wildman–Crippen MR) is 74.6 cm³/mol. The highest BCUT2D eigenvalue weighted by atomic mass is 14.9. The fourth-order valence-corrected chi connectivity index (χ4v) is 3.28. The summed E-state index contributed by atoms with van der Waals surface area (Å²) in [4.78, 5) is 0. The average molecular weight is 231 g/mol. The van der Waals surface area contributed by atoms with Crippen LogP contribution in [0, 0.1) is 13.8 Å². The van der Waals surface area contributed by atoms with Crippen molar-refractivity contribution in [2.24, 2.45) is 0 Å². The van der Waals surface area contributed by atoms with Crippen molar-refractivity contribution < 1.29 is 0 Å². The van der Waals surface area contributed by atoms with Crippen LogP contribution in [0.25, 0.3) is 0 Å². The van der Waals surface area contributed by atoms with Gasteiger partial charge in [-0.1, -0.05) is 48.6 Å². The minimum atomic E-state index is 0.665. The molecule has 0 amide bonds. The average Bonchev–Trinajstić information content (AvgIpc) is 2.52. The molecule has 1 aliphatic carbocycles. The standard InChI is InChI=1S/C16H25N/c1-12-9-13(2)11-14(10-12)15-7-5-4-6-8-16(15)17-3/h9-11,15-17H,4-8H2,1-3H3. The van der Waals surface area contributed by atoms with Crippen molar-refractivity contribution in [3.63, 3.8) is 0 Å². The minimum Gasteiger partial charge on any atom is -0.316 e. The second-order valence-corrected chi connectivity index (χ2v) is 5.56. The lowest BCUT2D eigenvalue weighted by atomic mass is 9.86. The van der Waals surface area contributed by atoms with Gasteiger partial charge in [0.2, 0.25) is 0 Å². The van der Waals surface area contributed by atoms with Crippen LogP contribution in [-0.4, -0.2) is 13.1 Å². The molecule has 1 aliphatic rings. The molecule has 0 radical (unpaired) electrons. The number of aryl methyl sites for hydroxylation is 2. The third kappa shape index (κ3) is 3.10. The number of hydrogen-bond donors (Lipinski definition) is 1. The summed E-state index contributed by atoms with van der Waals surface area (Å²) in [5, 5.41) is 3.53. The highest BCUT2D eigenvalue weighted by Gasteiger charge is 2.23. The van der Waals surface area contributed by atoms with E-state index in [-0.39, 0.29) is 0 Å². The summed E-state index contributed by atoms with van der Waals surface area (Å²) in [6.45, 7) is 4.42. The summed E-state index contributed by atoms with van der Waals surface area (Å²) < 4.78 is 0. The Balaban J connectivity index is 2.27. The van der Waals surface area contributed by atoms with Gasteiger partial charge in [-0.15, -0.1) is 0 Å². The second-order valence-electron chi connectivity index (χ2n) is 5.56. The van der Waals surface area contributed by atoms with E-state index in [4.69, 9.17) is 0 Å². The lowest BCUT2D eigenvalue weighted by Crippen LogP contribution is -2.31. The summed E-state index contributed by atoms with van der Waals surface area (Å²) in [6, 6.07) is 7.70. The number of benzene rings is 1. The Morgan fingerprint density at radius 1 is 0.941 bits per heavy atom. The summed E-state index contributed by atoms with van der Waals surface area (Å²) in [5.74, 6) is 0.709. The third-order valence-corrected chi connectivity index (χ3v) is 4.06. The highest BCUT2D eigenvalue weighted by Crippen LogP contribution is 2.32. The topological polar surface area (TPSA) is 12.0 Å². The van der Waals surface area contributed by atoms with Gasteiger partial charge in [-0.05, 0) is 45.2 Å². The number of hydrogen-bond acceptors (Lipinski definition) is 1. The maximum Gasteiger partial charge on any atom is 0.0133 e. The van der Waals surface area contributed by atoms with Crippen molar-refractivity contribution in [2.45, 2.75) is 57.9 Å². The van der Waals surface area contributed by atoms with E-state index in [9.17, 15) is 0 Å². The van der Waals surface area contributed by atoms with Gasteiger partial charge < -0.3 is 5.32 Å². The van der Waals surface area contributed by atoms with Gasteiger partial charge in [0.05, 0.1) is 0 Å². The van der Waals surface area contributed by atoms with Crippen molar-refractivity contribution in [3.8, 4) is 0 Å². The molecule has 1 aromatic rings. The molecule has 1 aromatic carbocycles. The molecule has 0 spiro atoms. The molecule has 0 bridgehead atoms. The van der Waals surface area contributed by atoms with Gasteiger partial charge in [-0.3, -0.25) is 0 Å². The quantitative estimate of drug-likeness (QED) is 0.760. The van der Waals surface area contributed by atoms with E-state index in [1.807, 2.05) is 0 Å². The molecule has 0 aromatic heterocycles. The van der Waals surface area contributed by atoms with E-state index >= 15 is 0 Å². The maximum absolute atomic E-state index is 3.53. The van der Waals surface area contributed by atoms with Crippen LogP contribution in [0.1, 0.15) is 54.7 Å². The van der Waals surface area contributed by atoms with Crippen molar-refractivity contribution in [2.75, 3.05) is 7.05 Å². The van der Waals surface area contributed by atoms with Gasteiger partial charge in [0, 0.05) is 6.04 Å². The summed E-state index contributed by atoms with van der Waals surface area (Å²) in [7, 11) is 2.12. The Bertz CT molecular complexity index is 350. The number of rotatable bonds is 2. The SMILES string of the molecule is CNC1CCCCCC1c1cc(C)cc(C)c1. The first kappa shape index (κ1) is 12.6. The van der Waals surface area contributed by atoms with Crippen LogP contribution < -0.4 is 5.32 Å². The third-order valence-electron chi connectivity index (χ3n) is 4.06. The highest BCUT2D eigenvalue weighted by molar-refractivity contribution is 5.32. The second kappa shape index (κ2) is 5.68. The normalized spacial score (nSPS) is 25.6. The van der Waals surface area contributed by atoms with Crippen LogP contribution in [0.15, 0.2) is 18.2 Å². The number of nitrogens with one attached hydrogen (secondary N) is 1. The Kier molecular flexibility index (Phi) is 4.22. The molecule has 1 heteroatoms. The molecule has 2 atom stereocenters. The molecule has 94 valence electrons. The smallest absolute Gasteiger partial charge is 0.0133 e. The van der Waals surface area contributed by atoms with E-state index in [2.05, 4.69) is 44.4 Å². The minimum absolute atomic E-state index is 0.665. The molecular weight excluding hydrogens is 206 g/mol. The molecule has 0 aliphatic heterocycles. The molecule has 1 N–H and O–H groups in total. The monoisotopic (exact) mass is 231 g/mol. The largest absolute Gasteiger partial charge is 0.316 e. The van der Waals surface area contributed by atoms with Crippen molar-refractivity contribution >= 4 is 0 Å². The fourth-order valence-electron chi connectivity index (χ4n) is 3.28. The Labute approximate surface area is 106 Å². The summed E-state index contributed by atoms with van der Waals surface area (Å²) in [6.07, 6.45) is 6.84. The van der Waals surface area contributed by atoms with Crippen molar-refractivity contribution in [3.05, 3.63) is 34.9 Å². The van der Waals surface area contributed by atoms with E-state index in [0.29, 0.717) is 12.0 Å². The lowest BCUT2D eigenvalue weighted by molar-refractivity contribution is 0.439. The van der Waals surface area contributed by atoms with E-state index in [1.165, 1.54) is 43.2 Å². The Morgan fingerprint density at radius 2 is 1.59 bits per heavy atom. The van der Waals surface area contributed by atoms with E-state index < -0.39 is 0 Å². The van der Waals surface area contributed by atoms with Crippen LogP contribution in [0.3, 0.4) is 0 Å². The van der Waals surface area contributed by atoms with Crippen LogP contribution in [-0.2, 0) is 0 Å². The van der Waals surface area contributed by atoms with Gasteiger partial charge in [0.15, 0.2) is 0 Å². The van der Waals surface area contributed by atoms with Gasteiger partial charge >= 0.3 is 0 Å². The Hall–Kier alpha value is -0.820. The lowest BCUT2D eigenvalue weighted by Gasteiger charge is -2.26. The van der Waals surface area contributed by atoms with Gasteiger partial charge in [0.25, 0.3) is 0 Å². The molecule has 1 saturated carbocycles. The zero-order valence-corrected chi connectivity index (χ0v) is 11.4. The van der Waals surface area contributed by atoms with Crippen LogP contribution in [0.2, 0.25) is 0 Å². The van der Waals surface area contributed by atoms with Crippen molar-refractivity contribution in [1.82, 2.24) is 5.32 Å². The Morgan fingerprint density at radius 3 is 2.24 bits per heavy atom. The maximum atomic E-state index is 3.53. The molecule has 0 saturated heterocycles. The molecule has 1 nitrogen and oxygen atoms in total. The molecule has 2 unspecified atom stereocenters. The van der Waals surface area contributed by atoms with Crippen molar-refractivity contribution in [1.29, 1.82) is 0 Å². The first-order chi connectivity index (χ1) is 8.20. The van der Waals surface area contributed by atoms with Gasteiger partial charge in [0.1, 0.15) is 0 Å². The van der Waals surface area contributed by atoms with Crippen LogP contribution in [0.4, 0.5) is 0 Å². The summed E-state index contributed by atoms with van der Waals surface area (Å²) >= 11 is 0. The summed E-state index contributed by atoms with van der Waals surface area (Å²) in [5.41, 5.74) is 4.35. The van der Waals surface area contributed by atoms with E-state index in [1.54, 1.807) is 5.56 Å². The van der Waals surface area contributed by atoms with Crippen LogP contribution in [0.5, 0.6) is 0 Å².